The second-order valence-corrected chi connectivity index (χ2v) is 4.82. The summed E-state index contributed by atoms with van der Waals surface area (Å²) in [7, 11) is 2.07. The molecule has 5 nitrogen and oxygen atoms in total. The Morgan fingerprint density at radius 2 is 2.00 bits per heavy atom. The molecule has 6 heteroatoms. The average Bonchev–Trinajstić information content (AvgIpc) is 2.48. The van der Waals surface area contributed by atoms with Crippen LogP contribution < -0.4 is 16.0 Å². The highest BCUT2D eigenvalue weighted by molar-refractivity contribution is 6.32. The average molecular weight is 292 g/mol. The Kier molecular flexibility index (Phi) is 5.01. The van der Waals surface area contributed by atoms with E-state index in [4.69, 9.17) is 17.3 Å². The van der Waals surface area contributed by atoms with Crippen molar-refractivity contribution in [2.24, 2.45) is 0 Å². The molecule has 1 aromatic carbocycles. The second-order valence-electron chi connectivity index (χ2n) is 4.46. The van der Waals surface area contributed by atoms with Gasteiger partial charge in [0.05, 0.1) is 0 Å². The van der Waals surface area contributed by atoms with Crippen molar-refractivity contribution < 1.29 is 0 Å². The van der Waals surface area contributed by atoms with Crippen LogP contribution in [0.3, 0.4) is 0 Å². The van der Waals surface area contributed by atoms with Gasteiger partial charge < -0.3 is 16.0 Å². The first-order chi connectivity index (χ1) is 9.68. The van der Waals surface area contributed by atoms with Crippen LogP contribution in [-0.4, -0.2) is 30.1 Å². The number of nitrogens with two attached hydrogens (primary N) is 1. The fourth-order valence-electron chi connectivity index (χ4n) is 1.85. The number of para-hydroxylation sites is 1. The molecule has 1 aromatic heterocycles. The summed E-state index contributed by atoms with van der Waals surface area (Å²) in [6, 6.07) is 10.3. The normalized spacial score (nSPS) is 10.3. The third-order valence-electron chi connectivity index (χ3n) is 2.99. The number of benzene rings is 1. The molecule has 0 atom stereocenters. The van der Waals surface area contributed by atoms with Crippen molar-refractivity contribution in [3.8, 4) is 0 Å². The summed E-state index contributed by atoms with van der Waals surface area (Å²) in [5.74, 6) is 0.590. The van der Waals surface area contributed by atoms with E-state index >= 15 is 0 Å². The molecule has 0 aliphatic heterocycles. The Labute approximate surface area is 123 Å². The van der Waals surface area contributed by atoms with Gasteiger partial charge in [0.2, 0.25) is 0 Å². The van der Waals surface area contributed by atoms with E-state index in [0.29, 0.717) is 11.5 Å². The first-order valence-electron chi connectivity index (χ1n) is 6.44. The largest absolute Gasteiger partial charge is 0.393 e. The van der Waals surface area contributed by atoms with Gasteiger partial charge in [-0.2, -0.15) is 0 Å². The van der Waals surface area contributed by atoms with Crippen LogP contribution in [0, 0.1) is 0 Å². The monoisotopic (exact) mass is 291 g/mol. The van der Waals surface area contributed by atoms with Gasteiger partial charge in [-0.05, 0) is 18.6 Å². The molecule has 0 aliphatic rings. The predicted molar refractivity (Wildman–Crippen MR) is 84.3 cm³/mol. The topological polar surface area (TPSA) is 67.1 Å². The minimum absolute atomic E-state index is 0.281. The molecule has 0 bridgehead atoms. The molecule has 0 aliphatic carbocycles. The molecular formula is C14H18ClN5. The van der Waals surface area contributed by atoms with Gasteiger partial charge in [-0.15, -0.1) is 0 Å². The zero-order valence-electron chi connectivity index (χ0n) is 11.4. The molecule has 106 valence electrons. The lowest BCUT2D eigenvalue weighted by molar-refractivity contribution is 0.814. The van der Waals surface area contributed by atoms with Crippen molar-refractivity contribution in [1.82, 2.24) is 9.97 Å². The molecule has 0 fully saturated rings. The number of hydrogen-bond donors (Lipinski definition) is 2. The molecule has 0 spiro atoms. The van der Waals surface area contributed by atoms with Gasteiger partial charge in [-0.25, -0.2) is 9.97 Å². The lowest BCUT2D eigenvalue weighted by Crippen LogP contribution is -2.21. The number of anilines is 3. The van der Waals surface area contributed by atoms with Gasteiger partial charge in [0.1, 0.15) is 12.0 Å². The fourth-order valence-corrected chi connectivity index (χ4v) is 1.98. The second kappa shape index (κ2) is 6.96. The zero-order chi connectivity index (χ0) is 14.4. The van der Waals surface area contributed by atoms with E-state index in [1.54, 1.807) is 0 Å². The van der Waals surface area contributed by atoms with Crippen LogP contribution in [0.2, 0.25) is 5.15 Å². The van der Waals surface area contributed by atoms with E-state index in [1.165, 1.54) is 12.0 Å². The molecule has 3 N–H and O–H groups in total. The van der Waals surface area contributed by atoms with Crippen LogP contribution in [0.1, 0.15) is 6.42 Å². The molecule has 0 amide bonds. The molecule has 0 radical (unpaired) electrons. The van der Waals surface area contributed by atoms with Crippen molar-refractivity contribution in [2.75, 3.05) is 36.1 Å². The number of halogens is 1. The SMILES string of the molecule is CN(CCCNc1ncnc(Cl)c1N)c1ccccc1. The van der Waals surface area contributed by atoms with Crippen LogP contribution in [-0.2, 0) is 0 Å². The van der Waals surface area contributed by atoms with Crippen molar-refractivity contribution in [2.45, 2.75) is 6.42 Å². The van der Waals surface area contributed by atoms with E-state index in [0.717, 1.165) is 19.5 Å². The third-order valence-corrected chi connectivity index (χ3v) is 3.30. The molecule has 0 saturated heterocycles. The molecular weight excluding hydrogens is 274 g/mol. The number of hydrogen-bond acceptors (Lipinski definition) is 5. The Balaban J connectivity index is 1.78. The minimum atomic E-state index is 0.281. The molecule has 0 saturated carbocycles. The highest BCUT2D eigenvalue weighted by Crippen LogP contribution is 2.21. The number of nitrogen functional groups attached to an aromatic ring is 1. The predicted octanol–water partition coefficient (Wildman–Crippen LogP) is 2.65. The zero-order valence-corrected chi connectivity index (χ0v) is 12.1. The smallest absolute Gasteiger partial charge is 0.157 e. The maximum absolute atomic E-state index is 5.83. The number of aromatic nitrogens is 2. The Morgan fingerprint density at radius 3 is 2.75 bits per heavy atom. The third kappa shape index (κ3) is 3.74. The molecule has 0 unspecified atom stereocenters. The summed E-state index contributed by atoms with van der Waals surface area (Å²) < 4.78 is 0. The van der Waals surface area contributed by atoms with Crippen LogP contribution >= 0.6 is 11.6 Å². The van der Waals surface area contributed by atoms with E-state index in [2.05, 4.69) is 39.4 Å². The molecule has 2 rings (SSSR count). The van der Waals surface area contributed by atoms with E-state index < -0.39 is 0 Å². The van der Waals surface area contributed by atoms with Gasteiger partial charge in [0.15, 0.2) is 11.0 Å². The quantitative estimate of drug-likeness (QED) is 0.633. The van der Waals surface area contributed by atoms with Crippen molar-refractivity contribution in [3.63, 3.8) is 0 Å². The van der Waals surface area contributed by atoms with Gasteiger partial charge in [-0.3, -0.25) is 0 Å². The van der Waals surface area contributed by atoms with Gasteiger partial charge in [0.25, 0.3) is 0 Å². The van der Waals surface area contributed by atoms with E-state index in [-0.39, 0.29) is 5.15 Å². The molecule has 20 heavy (non-hydrogen) atoms. The highest BCUT2D eigenvalue weighted by atomic mass is 35.5. The summed E-state index contributed by atoms with van der Waals surface area (Å²) in [6.07, 6.45) is 2.36. The van der Waals surface area contributed by atoms with Crippen LogP contribution in [0.15, 0.2) is 36.7 Å². The van der Waals surface area contributed by atoms with E-state index in [9.17, 15) is 0 Å². The molecule has 1 heterocycles. The van der Waals surface area contributed by atoms with Crippen LogP contribution in [0.4, 0.5) is 17.2 Å². The van der Waals surface area contributed by atoms with Gasteiger partial charge in [-0.1, -0.05) is 29.8 Å². The lowest BCUT2D eigenvalue weighted by atomic mass is 10.3. The van der Waals surface area contributed by atoms with E-state index in [1.807, 2.05) is 18.2 Å². The number of rotatable bonds is 6. The van der Waals surface area contributed by atoms with Crippen molar-refractivity contribution in [3.05, 3.63) is 41.8 Å². The first kappa shape index (κ1) is 14.4. The van der Waals surface area contributed by atoms with Crippen molar-refractivity contribution >= 4 is 28.8 Å². The minimum Gasteiger partial charge on any atom is -0.393 e. The summed E-state index contributed by atoms with van der Waals surface area (Å²) >= 11 is 5.83. The van der Waals surface area contributed by atoms with Gasteiger partial charge >= 0.3 is 0 Å². The molecule has 2 aromatic rings. The van der Waals surface area contributed by atoms with Crippen LogP contribution in [0.5, 0.6) is 0 Å². The Bertz CT molecular complexity index is 547. The number of nitrogens with zero attached hydrogens (tertiary/aromatic N) is 3. The summed E-state index contributed by atoms with van der Waals surface area (Å²) in [5, 5.41) is 3.45. The first-order valence-corrected chi connectivity index (χ1v) is 6.82. The Morgan fingerprint density at radius 1 is 1.25 bits per heavy atom. The van der Waals surface area contributed by atoms with Crippen molar-refractivity contribution in [1.29, 1.82) is 0 Å². The maximum Gasteiger partial charge on any atom is 0.157 e. The Hall–Kier alpha value is -2.01. The summed E-state index contributed by atoms with van der Waals surface area (Å²) in [5.41, 5.74) is 7.39. The fraction of sp³-hybridized carbons (Fsp3) is 0.286. The maximum atomic E-state index is 5.83. The highest BCUT2D eigenvalue weighted by Gasteiger charge is 2.05. The summed E-state index contributed by atoms with van der Waals surface area (Å²) in [4.78, 5) is 10.1. The number of nitrogens with one attached hydrogen (secondary N) is 1. The van der Waals surface area contributed by atoms with Gasteiger partial charge in [0, 0.05) is 25.8 Å². The van der Waals surface area contributed by atoms with Crippen LogP contribution in [0.25, 0.3) is 0 Å². The lowest BCUT2D eigenvalue weighted by Gasteiger charge is -2.19. The standard InChI is InChI=1S/C14H18ClN5/c1-20(11-6-3-2-4-7-11)9-5-8-17-14-12(16)13(15)18-10-19-14/h2-4,6-7,10H,5,8-9,16H2,1H3,(H,17,18,19). The summed E-state index contributed by atoms with van der Waals surface area (Å²) in [6.45, 7) is 1.71.